The largest absolute Gasteiger partial charge is 0.382 e. The van der Waals surface area contributed by atoms with E-state index >= 15 is 0 Å². The summed E-state index contributed by atoms with van der Waals surface area (Å²) >= 11 is 0. The molecule has 6 heteroatoms. The van der Waals surface area contributed by atoms with E-state index in [0.29, 0.717) is 38.5 Å². The zero-order chi connectivity index (χ0) is 15.3. The van der Waals surface area contributed by atoms with Crippen molar-refractivity contribution in [3.8, 4) is 0 Å². The maximum atomic E-state index is 5.62. The lowest BCUT2D eigenvalue weighted by Crippen LogP contribution is -2.52. The Morgan fingerprint density at radius 2 is 1.86 bits per heavy atom. The summed E-state index contributed by atoms with van der Waals surface area (Å²) in [6.07, 6.45) is 0. The van der Waals surface area contributed by atoms with Gasteiger partial charge in [-0.05, 0) is 0 Å². The van der Waals surface area contributed by atoms with Gasteiger partial charge in [0.05, 0.1) is 46.2 Å². The van der Waals surface area contributed by atoms with Crippen molar-refractivity contribution >= 4 is 0 Å². The van der Waals surface area contributed by atoms with Crippen LogP contribution >= 0.6 is 0 Å². The van der Waals surface area contributed by atoms with E-state index in [9.17, 15) is 0 Å². The average Bonchev–Trinajstić information content (AvgIpc) is 2.48. The molecule has 1 aliphatic heterocycles. The highest BCUT2D eigenvalue weighted by Crippen LogP contribution is 2.06. The van der Waals surface area contributed by atoms with Gasteiger partial charge >= 0.3 is 0 Å². The lowest BCUT2D eigenvalue weighted by atomic mass is 10.2. The molecule has 6 nitrogen and oxygen atoms in total. The van der Waals surface area contributed by atoms with Gasteiger partial charge in [-0.3, -0.25) is 4.90 Å². The lowest BCUT2D eigenvalue weighted by molar-refractivity contribution is -0.0266. The van der Waals surface area contributed by atoms with Gasteiger partial charge in [0.25, 0.3) is 0 Å². The van der Waals surface area contributed by atoms with Crippen molar-refractivity contribution in [2.24, 2.45) is 0 Å². The maximum absolute atomic E-state index is 5.62. The Bertz CT molecular complexity index is 242. The van der Waals surface area contributed by atoms with Crippen molar-refractivity contribution < 1.29 is 18.9 Å². The molecular formula is C15H32N2O4. The number of hydrogen-bond acceptors (Lipinski definition) is 6. The summed E-state index contributed by atoms with van der Waals surface area (Å²) in [5.41, 5.74) is 0. The highest BCUT2D eigenvalue weighted by molar-refractivity contribution is 4.78. The highest BCUT2D eigenvalue weighted by atomic mass is 16.5. The fourth-order valence-electron chi connectivity index (χ4n) is 2.19. The minimum Gasteiger partial charge on any atom is -0.382 e. The molecule has 1 rings (SSSR count). The Hall–Kier alpha value is -0.240. The molecule has 21 heavy (non-hydrogen) atoms. The summed E-state index contributed by atoms with van der Waals surface area (Å²) < 4.78 is 21.5. The third-order valence-electron chi connectivity index (χ3n) is 3.44. The molecule has 0 radical (unpaired) electrons. The zero-order valence-corrected chi connectivity index (χ0v) is 13.8. The minimum atomic E-state index is 0.447. The monoisotopic (exact) mass is 304 g/mol. The molecule has 0 amide bonds. The number of hydrogen-bond donors (Lipinski definition) is 1. The predicted molar refractivity (Wildman–Crippen MR) is 82.8 cm³/mol. The van der Waals surface area contributed by atoms with Crippen LogP contribution in [-0.4, -0.2) is 90.0 Å². The number of nitrogens with zero attached hydrogens (tertiary/aromatic N) is 1. The predicted octanol–water partition coefficient (Wildman–Crippen LogP) is 0.365. The van der Waals surface area contributed by atoms with E-state index in [1.54, 1.807) is 7.11 Å². The summed E-state index contributed by atoms with van der Waals surface area (Å²) in [7, 11) is 1.67. The standard InChI is InChI=1S/C15H32N2O4/c1-14(2)16-12-15-13-21-7-5-17(15)4-6-19-10-11-20-9-8-18-3/h14-16H,4-13H2,1-3H3. The summed E-state index contributed by atoms with van der Waals surface area (Å²) in [5, 5.41) is 3.48. The van der Waals surface area contributed by atoms with Crippen molar-refractivity contribution in [3.05, 3.63) is 0 Å². The summed E-state index contributed by atoms with van der Waals surface area (Å²) in [6.45, 7) is 12.1. The van der Waals surface area contributed by atoms with Crippen molar-refractivity contribution in [1.82, 2.24) is 10.2 Å². The van der Waals surface area contributed by atoms with Crippen LogP contribution in [0.1, 0.15) is 13.8 Å². The average molecular weight is 304 g/mol. The van der Waals surface area contributed by atoms with Gasteiger partial charge in [-0.2, -0.15) is 0 Å². The van der Waals surface area contributed by atoms with Crippen molar-refractivity contribution in [3.63, 3.8) is 0 Å². The highest BCUT2D eigenvalue weighted by Gasteiger charge is 2.22. The molecule has 1 fully saturated rings. The first kappa shape index (κ1) is 18.8. The molecule has 1 heterocycles. The molecule has 1 unspecified atom stereocenters. The second kappa shape index (κ2) is 12.3. The SMILES string of the molecule is COCCOCCOCCN1CCOCC1CNC(C)C. The number of methoxy groups -OCH3 is 1. The second-order valence-electron chi connectivity index (χ2n) is 5.55. The molecule has 0 aromatic heterocycles. The van der Waals surface area contributed by atoms with Crippen LogP contribution in [-0.2, 0) is 18.9 Å². The molecule has 1 atom stereocenters. The van der Waals surface area contributed by atoms with E-state index < -0.39 is 0 Å². The Balaban J connectivity index is 2.05. The Kier molecular flexibility index (Phi) is 11.0. The fourth-order valence-corrected chi connectivity index (χ4v) is 2.19. The Morgan fingerprint density at radius 1 is 1.14 bits per heavy atom. The van der Waals surface area contributed by atoms with Gasteiger partial charge in [-0.15, -0.1) is 0 Å². The number of nitrogens with one attached hydrogen (secondary N) is 1. The Labute approximate surface area is 129 Å². The van der Waals surface area contributed by atoms with Crippen molar-refractivity contribution in [2.75, 3.05) is 73.0 Å². The lowest BCUT2D eigenvalue weighted by Gasteiger charge is -2.36. The van der Waals surface area contributed by atoms with E-state index in [4.69, 9.17) is 18.9 Å². The van der Waals surface area contributed by atoms with Gasteiger partial charge in [-0.1, -0.05) is 13.8 Å². The first-order valence-corrected chi connectivity index (χ1v) is 7.93. The van der Waals surface area contributed by atoms with E-state index in [2.05, 4.69) is 24.1 Å². The fraction of sp³-hybridized carbons (Fsp3) is 1.00. The van der Waals surface area contributed by atoms with Crippen LogP contribution in [0.15, 0.2) is 0 Å². The normalized spacial score (nSPS) is 20.3. The molecule has 126 valence electrons. The van der Waals surface area contributed by atoms with Crippen LogP contribution in [0.2, 0.25) is 0 Å². The number of rotatable bonds is 12. The van der Waals surface area contributed by atoms with Gasteiger partial charge in [-0.25, -0.2) is 0 Å². The molecule has 0 spiro atoms. The van der Waals surface area contributed by atoms with Crippen LogP contribution < -0.4 is 5.32 Å². The molecule has 1 saturated heterocycles. The topological polar surface area (TPSA) is 52.2 Å². The van der Waals surface area contributed by atoms with Gasteiger partial charge < -0.3 is 24.3 Å². The van der Waals surface area contributed by atoms with Crippen molar-refractivity contribution in [1.29, 1.82) is 0 Å². The molecular weight excluding hydrogens is 272 g/mol. The molecule has 0 bridgehead atoms. The smallest absolute Gasteiger partial charge is 0.0701 e. The van der Waals surface area contributed by atoms with E-state index in [1.807, 2.05) is 0 Å². The molecule has 0 aromatic carbocycles. The first-order valence-electron chi connectivity index (χ1n) is 7.93. The molecule has 1 N–H and O–H groups in total. The van der Waals surface area contributed by atoms with Crippen LogP contribution in [0, 0.1) is 0 Å². The van der Waals surface area contributed by atoms with Crippen molar-refractivity contribution in [2.45, 2.75) is 25.9 Å². The third-order valence-corrected chi connectivity index (χ3v) is 3.44. The molecule has 0 saturated carbocycles. The van der Waals surface area contributed by atoms with Crippen LogP contribution in [0.3, 0.4) is 0 Å². The van der Waals surface area contributed by atoms with Gasteiger partial charge in [0, 0.05) is 38.8 Å². The maximum Gasteiger partial charge on any atom is 0.0701 e. The van der Waals surface area contributed by atoms with Crippen LogP contribution in [0.5, 0.6) is 0 Å². The van der Waals surface area contributed by atoms with Crippen LogP contribution in [0.4, 0.5) is 0 Å². The zero-order valence-electron chi connectivity index (χ0n) is 13.8. The summed E-state index contributed by atoms with van der Waals surface area (Å²) in [4.78, 5) is 2.45. The van der Waals surface area contributed by atoms with E-state index in [0.717, 1.165) is 39.5 Å². The molecule has 1 aliphatic rings. The summed E-state index contributed by atoms with van der Waals surface area (Å²) in [6, 6.07) is 0.956. The molecule has 0 aromatic rings. The third kappa shape index (κ3) is 9.39. The number of ether oxygens (including phenoxy) is 4. The minimum absolute atomic E-state index is 0.447. The second-order valence-corrected chi connectivity index (χ2v) is 5.55. The Morgan fingerprint density at radius 3 is 2.57 bits per heavy atom. The van der Waals surface area contributed by atoms with Gasteiger partial charge in [0.2, 0.25) is 0 Å². The molecule has 0 aliphatic carbocycles. The van der Waals surface area contributed by atoms with Gasteiger partial charge in [0.1, 0.15) is 0 Å². The number of morpholine rings is 1. The van der Waals surface area contributed by atoms with E-state index in [1.165, 1.54) is 0 Å². The van der Waals surface area contributed by atoms with Gasteiger partial charge in [0.15, 0.2) is 0 Å². The quantitative estimate of drug-likeness (QED) is 0.526. The van der Waals surface area contributed by atoms with Crippen LogP contribution in [0.25, 0.3) is 0 Å². The first-order chi connectivity index (χ1) is 10.2. The summed E-state index contributed by atoms with van der Waals surface area (Å²) in [5.74, 6) is 0. The van der Waals surface area contributed by atoms with E-state index in [-0.39, 0.29) is 0 Å².